The van der Waals surface area contributed by atoms with Crippen molar-refractivity contribution in [3.63, 3.8) is 0 Å². The van der Waals surface area contributed by atoms with Crippen molar-refractivity contribution in [3.05, 3.63) is 64.2 Å². The fourth-order valence-electron chi connectivity index (χ4n) is 2.76. The van der Waals surface area contributed by atoms with Gasteiger partial charge in [-0.25, -0.2) is 4.79 Å². The number of benzene rings is 2. The lowest BCUT2D eigenvalue weighted by molar-refractivity contribution is -0.144. The van der Waals surface area contributed by atoms with Crippen molar-refractivity contribution in [1.82, 2.24) is 0 Å². The van der Waals surface area contributed by atoms with Crippen molar-refractivity contribution in [1.29, 1.82) is 0 Å². The van der Waals surface area contributed by atoms with Crippen molar-refractivity contribution < 1.29 is 23.8 Å². The first-order valence-electron chi connectivity index (χ1n) is 9.06. The van der Waals surface area contributed by atoms with Crippen LogP contribution in [-0.4, -0.2) is 32.1 Å². The highest BCUT2D eigenvalue weighted by molar-refractivity contribution is 5.99. The average Bonchev–Trinajstić information content (AvgIpc) is 2.67. The van der Waals surface area contributed by atoms with Crippen LogP contribution in [0.3, 0.4) is 0 Å². The lowest BCUT2D eigenvalue weighted by Gasteiger charge is -2.12. The number of hydrogen-bond donors (Lipinski definition) is 0. The molecule has 0 N–H and O–H groups in total. The molecule has 0 unspecified atom stereocenters. The SMILES string of the molecule is CC=Cc1ccc(OCC(=O)OCC(=O)c2cc(C)c(C)cc2C)c(OC)c1. The van der Waals surface area contributed by atoms with Gasteiger partial charge in [0.2, 0.25) is 5.78 Å². The second kappa shape index (κ2) is 9.74. The molecule has 0 fully saturated rings. The second-order valence-electron chi connectivity index (χ2n) is 6.53. The Bertz CT molecular complexity index is 896. The fraction of sp³-hybridized carbons (Fsp3) is 0.304. The molecule has 0 aromatic heterocycles. The van der Waals surface area contributed by atoms with E-state index in [1.165, 1.54) is 7.11 Å². The molecule has 2 aromatic carbocycles. The van der Waals surface area contributed by atoms with Gasteiger partial charge in [-0.1, -0.05) is 24.3 Å². The summed E-state index contributed by atoms with van der Waals surface area (Å²) in [5.74, 6) is 0.103. The number of hydrogen-bond acceptors (Lipinski definition) is 5. The van der Waals surface area contributed by atoms with Gasteiger partial charge in [0, 0.05) is 5.56 Å². The third-order valence-electron chi connectivity index (χ3n) is 4.40. The first-order valence-corrected chi connectivity index (χ1v) is 9.06. The summed E-state index contributed by atoms with van der Waals surface area (Å²) in [5.41, 5.74) is 4.54. The minimum atomic E-state index is -0.616. The molecule has 148 valence electrons. The highest BCUT2D eigenvalue weighted by Gasteiger charge is 2.14. The van der Waals surface area contributed by atoms with Crippen LogP contribution >= 0.6 is 0 Å². The molecule has 0 heterocycles. The highest BCUT2D eigenvalue weighted by Crippen LogP contribution is 2.28. The molecule has 0 radical (unpaired) electrons. The average molecular weight is 382 g/mol. The van der Waals surface area contributed by atoms with Gasteiger partial charge >= 0.3 is 5.97 Å². The summed E-state index contributed by atoms with van der Waals surface area (Å²) in [6, 6.07) is 9.18. The van der Waals surface area contributed by atoms with Crippen LogP contribution in [0, 0.1) is 20.8 Å². The largest absolute Gasteiger partial charge is 0.493 e. The lowest BCUT2D eigenvalue weighted by Crippen LogP contribution is -2.20. The Morgan fingerprint density at radius 1 is 0.929 bits per heavy atom. The molecule has 0 bridgehead atoms. The maximum Gasteiger partial charge on any atom is 0.344 e. The van der Waals surface area contributed by atoms with Gasteiger partial charge in [-0.3, -0.25) is 4.79 Å². The predicted octanol–water partition coefficient (Wildman–Crippen LogP) is 4.46. The van der Waals surface area contributed by atoms with Gasteiger partial charge in [-0.05, 0) is 68.1 Å². The van der Waals surface area contributed by atoms with Crippen molar-refractivity contribution >= 4 is 17.8 Å². The van der Waals surface area contributed by atoms with Crippen LogP contribution in [0.25, 0.3) is 6.08 Å². The van der Waals surface area contributed by atoms with Gasteiger partial charge in [0.15, 0.2) is 24.7 Å². The Kier molecular flexibility index (Phi) is 7.38. The molecule has 0 saturated heterocycles. The Morgan fingerprint density at radius 3 is 2.32 bits per heavy atom. The van der Waals surface area contributed by atoms with Gasteiger partial charge in [0.05, 0.1) is 7.11 Å². The Labute approximate surface area is 165 Å². The molecular weight excluding hydrogens is 356 g/mol. The molecule has 0 atom stereocenters. The van der Waals surface area contributed by atoms with Gasteiger partial charge < -0.3 is 14.2 Å². The highest BCUT2D eigenvalue weighted by atomic mass is 16.6. The van der Waals surface area contributed by atoms with Crippen molar-refractivity contribution in [2.75, 3.05) is 20.3 Å². The fourth-order valence-corrected chi connectivity index (χ4v) is 2.76. The number of rotatable bonds is 8. The topological polar surface area (TPSA) is 61.8 Å². The smallest absolute Gasteiger partial charge is 0.344 e. The quantitative estimate of drug-likeness (QED) is 0.498. The van der Waals surface area contributed by atoms with E-state index in [4.69, 9.17) is 14.2 Å². The minimum absolute atomic E-state index is 0.234. The van der Waals surface area contributed by atoms with Crippen LogP contribution in [0.15, 0.2) is 36.4 Å². The maximum absolute atomic E-state index is 12.4. The summed E-state index contributed by atoms with van der Waals surface area (Å²) in [7, 11) is 1.53. The number of carbonyl (C=O) groups excluding carboxylic acids is 2. The van der Waals surface area contributed by atoms with E-state index >= 15 is 0 Å². The third kappa shape index (κ3) is 5.46. The molecular formula is C23H26O5. The number of methoxy groups -OCH3 is 1. The zero-order chi connectivity index (χ0) is 20.7. The third-order valence-corrected chi connectivity index (χ3v) is 4.40. The minimum Gasteiger partial charge on any atom is -0.493 e. The number of allylic oxidation sites excluding steroid dienone is 1. The van der Waals surface area contributed by atoms with E-state index in [9.17, 15) is 9.59 Å². The van der Waals surface area contributed by atoms with Crippen molar-refractivity contribution in [3.8, 4) is 11.5 Å². The molecule has 0 aliphatic heterocycles. The number of ketones is 1. The lowest BCUT2D eigenvalue weighted by atomic mass is 9.98. The van der Waals surface area contributed by atoms with Gasteiger partial charge in [-0.15, -0.1) is 0 Å². The number of ether oxygens (including phenoxy) is 3. The molecule has 28 heavy (non-hydrogen) atoms. The molecule has 5 heteroatoms. The Hall–Kier alpha value is -3.08. The first-order chi connectivity index (χ1) is 13.3. The molecule has 0 amide bonds. The molecule has 0 aliphatic rings. The van der Waals surface area contributed by atoms with Crippen LogP contribution < -0.4 is 9.47 Å². The van der Waals surface area contributed by atoms with E-state index in [2.05, 4.69) is 0 Å². The summed E-state index contributed by atoms with van der Waals surface area (Å²) >= 11 is 0. The molecule has 0 aliphatic carbocycles. The zero-order valence-electron chi connectivity index (χ0n) is 17.0. The van der Waals surface area contributed by atoms with Crippen LogP contribution in [-0.2, 0) is 9.53 Å². The number of Topliss-reactive ketones (excluding diaryl/α,β-unsaturated/α-hetero) is 1. The summed E-state index contributed by atoms with van der Waals surface area (Å²) in [5, 5.41) is 0. The molecule has 0 spiro atoms. The van der Waals surface area contributed by atoms with Gasteiger partial charge in [0.1, 0.15) is 0 Å². The predicted molar refractivity (Wildman–Crippen MR) is 109 cm³/mol. The molecule has 5 nitrogen and oxygen atoms in total. The first kappa shape index (κ1) is 21.2. The maximum atomic E-state index is 12.4. The van der Waals surface area contributed by atoms with Crippen LogP contribution in [0.1, 0.15) is 39.5 Å². The number of esters is 1. The van der Waals surface area contributed by atoms with E-state index in [0.717, 1.165) is 22.3 Å². The molecule has 2 aromatic rings. The van der Waals surface area contributed by atoms with E-state index in [1.54, 1.807) is 6.07 Å². The van der Waals surface area contributed by atoms with E-state index < -0.39 is 5.97 Å². The molecule has 2 rings (SSSR count). The number of carbonyl (C=O) groups is 2. The van der Waals surface area contributed by atoms with Gasteiger partial charge in [0.25, 0.3) is 0 Å². The Morgan fingerprint density at radius 2 is 1.64 bits per heavy atom. The number of aryl methyl sites for hydroxylation is 3. The van der Waals surface area contributed by atoms with E-state index in [1.807, 2.05) is 64.1 Å². The normalized spacial score (nSPS) is 10.8. The summed E-state index contributed by atoms with van der Waals surface area (Å²) in [4.78, 5) is 24.3. The van der Waals surface area contributed by atoms with E-state index in [0.29, 0.717) is 17.1 Å². The van der Waals surface area contributed by atoms with Gasteiger partial charge in [-0.2, -0.15) is 0 Å². The van der Waals surface area contributed by atoms with E-state index in [-0.39, 0.29) is 19.0 Å². The van der Waals surface area contributed by atoms with Crippen LogP contribution in [0.2, 0.25) is 0 Å². The summed E-state index contributed by atoms with van der Waals surface area (Å²) < 4.78 is 15.8. The van der Waals surface area contributed by atoms with Crippen LogP contribution in [0.5, 0.6) is 11.5 Å². The summed E-state index contributed by atoms with van der Waals surface area (Å²) in [6.45, 7) is 7.11. The Balaban J connectivity index is 1.93. The summed E-state index contributed by atoms with van der Waals surface area (Å²) in [6.07, 6.45) is 3.85. The molecule has 0 saturated carbocycles. The standard InChI is InChI=1S/C23H26O5/c1-6-7-18-8-9-21(22(12-18)26-5)27-14-23(25)28-13-20(24)19-11-16(3)15(2)10-17(19)4/h6-12H,13-14H2,1-5H3. The second-order valence-corrected chi connectivity index (χ2v) is 6.53. The zero-order valence-corrected chi connectivity index (χ0v) is 17.0. The van der Waals surface area contributed by atoms with Crippen LogP contribution in [0.4, 0.5) is 0 Å². The van der Waals surface area contributed by atoms with Crippen molar-refractivity contribution in [2.45, 2.75) is 27.7 Å². The monoisotopic (exact) mass is 382 g/mol. The van der Waals surface area contributed by atoms with Crippen molar-refractivity contribution in [2.24, 2.45) is 0 Å².